The maximum absolute atomic E-state index is 13.0. The van der Waals surface area contributed by atoms with E-state index in [9.17, 15) is 14.9 Å². The van der Waals surface area contributed by atoms with Crippen LogP contribution in [0, 0.1) is 10.1 Å². The van der Waals surface area contributed by atoms with Crippen LogP contribution in [0.1, 0.15) is 11.1 Å². The molecule has 0 unspecified atom stereocenters. The maximum Gasteiger partial charge on any atom is 0.270 e. The molecule has 1 aliphatic heterocycles. The third-order valence-electron chi connectivity index (χ3n) is 5.39. The van der Waals surface area contributed by atoms with Gasteiger partial charge in [0.15, 0.2) is 5.65 Å². The molecule has 8 nitrogen and oxygen atoms in total. The van der Waals surface area contributed by atoms with Crippen molar-refractivity contribution in [2.45, 2.75) is 13.0 Å². The second kappa shape index (κ2) is 7.07. The first kappa shape index (κ1) is 18.0. The number of H-pyrrole nitrogens is 1. The Hall–Kier alpha value is -4.07. The minimum atomic E-state index is -0.457. The predicted octanol–water partition coefficient (Wildman–Crippen LogP) is 3.46. The number of anilines is 1. The summed E-state index contributed by atoms with van der Waals surface area (Å²) in [5.41, 5.74) is 3.62. The normalized spacial score (nSPS) is 13.3. The molecule has 0 amide bonds. The zero-order valence-electron chi connectivity index (χ0n) is 15.9. The van der Waals surface area contributed by atoms with Crippen LogP contribution in [0.4, 0.5) is 11.6 Å². The maximum atomic E-state index is 13.0. The molecule has 0 saturated heterocycles. The summed E-state index contributed by atoms with van der Waals surface area (Å²) in [4.78, 5) is 37.5. The molecule has 1 N–H and O–H groups in total. The fourth-order valence-electron chi connectivity index (χ4n) is 3.91. The standard InChI is InChI=1S/C22H17N5O3/c28-21-19-18(15-6-3-7-17(12-15)27(29)30)8-10-23-20(19)24-22(25-21)26-11-9-14-4-1-2-5-16(14)13-26/h1-8,10,12H,9,11,13H2,(H,23,24,25,28). The van der Waals surface area contributed by atoms with Crippen molar-refractivity contribution in [2.75, 3.05) is 11.4 Å². The zero-order valence-corrected chi connectivity index (χ0v) is 15.9. The number of nitrogens with one attached hydrogen (secondary N) is 1. The van der Waals surface area contributed by atoms with Gasteiger partial charge in [0.2, 0.25) is 5.95 Å². The van der Waals surface area contributed by atoms with Crippen molar-refractivity contribution in [1.82, 2.24) is 15.0 Å². The second-order valence-electron chi connectivity index (χ2n) is 7.19. The average Bonchev–Trinajstić information content (AvgIpc) is 2.78. The quantitative estimate of drug-likeness (QED) is 0.418. The summed E-state index contributed by atoms with van der Waals surface area (Å²) < 4.78 is 0. The van der Waals surface area contributed by atoms with Gasteiger partial charge in [0, 0.05) is 37.0 Å². The SMILES string of the molecule is O=c1[nH]c(N2CCc3ccccc3C2)nc2nccc(-c3cccc([N+](=O)[O-])c3)c12. The van der Waals surface area contributed by atoms with Gasteiger partial charge in [-0.2, -0.15) is 4.98 Å². The van der Waals surface area contributed by atoms with E-state index >= 15 is 0 Å². The van der Waals surface area contributed by atoms with Crippen LogP contribution in [0.25, 0.3) is 22.2 Å². The second-order valence-corrected chi connectivity index (χ2v) is 7.19. The van der Waals surface area contributed by atoms with Crippen LogP contribution in [0.2, 0.25) is 0 Å². The zero-order chi connectivity index (χ0) is 20.7. The van der Waals surface area contributed by atoms with E-state index < -0.39 is 4.92 Å². The number of non-ortho nitro benzene ring substituents is 1. The number of nitro groups is 1. The van der Waals surface area contributed by atoms with E-state index in [0.29, 0.717) is 34.7 Å². The lowest BCUT2D eigenvalue weighted by Gasteiger charge is -2.29. The highest BCUT2D eigenvalue weighted by Gasteiger charge is 2.20. The summed E-state index contributed by atoms with van der Waals surface area (Å²) in [5.74, 6) is 0.477. The van der Waals surface area contributed by atoms with Crippen LogP contribution >= 0.6 is 0 Å². The van der Waals surface area contributed by atoms with Crippen LogP contribution in [0.3, 0.4) is 0 Å². The molecule has 0 spiro atoms. The minimum absolute atomic E-state index is 0.0366. The summed E-state index contributed by atoms with van der Waals surface area (Å²) in [6, 6.07) is 16.1. The molecule has 3 heterocycles. The molecule has 1 aliphatic rings. The predicted molar refractivity (Wildman–Crippen MR) is 113 cm³/mol. The van der Waals surface area contributed by atoms with Crippen molar-refractivity contribution in [3.05, 3.63) is 92.4 Å². The van der Waals surface area contributed by atoms with E-state index in [1.54, 1.807) is 24.4 Å². The summed E-state index contributed by atoms with van der Waals surface area (Å²) in [6.45, 7) is 1.41. The molecule has 148 valence electrons. The molecular formula is C22H17N5O3. The van der Waals surface area contributed by atoms with E-state index in [4.69, 9.17) is 0 Å². The molecule has 2 aromatic heterocycles. The fourth-order valence-corrected chi connectivity index (χ4v) is 3.91. The van der Waals surface area contributed by atoms with E-state index in [-0.39, 0.29) is 11.2 Å². The van der Waals surface area contributed by atoms with Gasteiger partial charge in [-0.05, 0) is 29.2 Å². The Morgan fingerprint density at radius 2 is 1.90 bits per heavy atom. The molecule has 0 aliphatic carbocycles. The first-order valence-corrected chi connectivity index (χ1v) is 9.56. The lowest BCUT2D eigenvalue weighted by Crippen LogP contribution is -2.33. The fraction of sp³-hybridized carbons (Fsp3) is 0.136. The number of benzene rings is 2. The Balaban J connectivity index is 1.59. The molecule has 5 rings (SSSR count). The summed E-state index contributed by atoms with van der Waals surface area (Å²) in [5, 5.41) is 11.4. The van der Waals surface area contributed by atoms with Crippen molar-refractivity contribution >= 4 is 22.7 Å². The van der Waals surface area contributed by atoms with Gasteiger partial charge in [-0.15, -0.1) is 0 Å². The molecule has 0 fully saturated rings. The number of aromatic nitrogens is 3. The van der Waals surface area contributed by atoms with E-state index in [0.717, 1.165) is 13.0 Å². The molecule has 4 aromatic rings. The topological polar surface area (TPSA) is 105 Å². The molecule has 8 heteroatoms. The number of hydrogen-bond donors (Lipinski definition) is 1. The van der Waals surface area contributed by atoms with E-state index in [2.05, 4.69) is 27.1 Å². The van der Waals surface area contributed by atoms with Crippen molar-refractivity contribution < 1.29 is 4.92 Å². The molecule has 2 aromatic carbocycles. The molecule has 0 bridgehead atoms. The van der Waals surface area contributed by atoms with Crippen molar-refractivity contribution in [1.29, 1.82) is 0 Å². The van der Waals surface area contributed by atoms with Crippen molar-refractivity contribution in [3.8, 4) is 11.1 Å². The van der Waals surface area contributed by atoms with Gasteiger partial charge < -0.3 is 4.90 Å². The number of pyridine rings is 1. The highest BCUT2D eigenvalue weighted by atomic mass is 16.6. The number of fused-ring (bicyclic) bond motifs is 2. The van der Waals surface area contributed by atoms with Crippen molar-refractivity contribution in [2.24, 2.45) is 0 Å². The molecule has 30 heavy (non-hydrogen) atoms. The van der Waals surface area contributed by atoms with Gasteiger partial charge >= 0.3 is 0 Å². The summed E-state index contributed by atoms with van der Waals surface area (Å²) >= 11 is 0. The first-order valence-electron chi connectivity index (χ1n) is 9.56. The number of aromatic amines is 1. The molecule has 0 saturated carbocycles. The Kier molecular flexibility index (Phi) is 4.24. The van der Waals surface area contributed by atoms with E-state index in [1.807, 2.05) is 17.0 Å². The number of hydrogen-bond acceptors (Lipinski definition) is 6. The lowest BCUT2D eigenvalue weighted by atomic mass is 10.0. The van der Waals surface area contributed by atoms with Gasteiger partial charge in [0.25, 0.3) is 11.2 Å². The Morgan fingerprint density at radius 3 is 2.73 bits per heavy atom. The lowest BCUT2D eigenvalue weighted by molar-refractivity contribution is -0.384. The smallest absolute Gasteiger partial charge is 0.270 e. The van der Waals surface area contributed by atoms with Crippen molar-refractivity contribution in [3.63, 3.8) is 0 Å². The van der Waals surface area contributed by atoms with Crippen LogP contribution in [0.5, 0.6) is 0 Å². The first-order chi connectivity index (χ1) is 14.6. The van der Waals surface area contributed by atoms with Gasteiger partial charge in [0.05, 0.1) is 10.3 Å². The number of nitrogens with zero attached hydrogens (tertiary/aromatic N) is 4. The molecular weight excluding hydrogens is 382 g/mol. The summed E-state index contributed by atoms with van der Waals surface area (Å²) in [7, 11) is 0. The molecule has 0 atom stereocenters. The van der Waals surface area contributed by atoms with Crippen LogP contribution < -0.4 is 10.5 Å². The Bertz CT molecular complexity index is 1350. The van der Waals surface area contributed by atoms with Gasteiger partial charge in [-0.25, -0.2) is 4.98 Å². The minimum Gasteiger partial charge on any atom is -0.338 e. The van der Waals surface area contributed by atoms with Gasteiger partial charge in [0.1, 0.15) is 0 Å². The van der Waals surface area contributed by atoms with E-state index in [1.165, 1.54) is 23.3 Å². The average molecular weight is 399 g/mol. The van der Waals surface area contributed by atoms with Gasteiger partial charge in [-0.3, -0.25) is 19.9 Å². The van der Waals surface area contributed by atoms with Gasteiger partial charge in [-0.1, -0.05) is 36.4 Å². The van der Waals surface area contributed by atoms with Crippen LogP contribution in [0.15, 0.2) is 65.6 Å². The Labute approximate surface area is 171 Å². The van der Waals surface area contributed by atoms with Crippen LogP contribution in [-0.2, 0) is 13.0 Å². The van der Waals surface area contributed by atoms with Crippen LogP contribution in [-0.4, -0.2) is 26.4 Å². The third-order valence-corrected chi connectivity index (χ3v) is 5.39. The third kappa shape index (κ3) is 3.08. The highest BCUT2D eigenvalue weighted by Crippen LogP contribution is 2.28. The summed E-state index contributed by atoms with van der Waals surface area (Å²) in [6.07, 6.45) is 2.44. The number of nitro benzene ring substituents is 1. The largest absolute Gasteiger partial charge is 0.338 e. The Morgan fingerprint density at radius 1 is 1.07 bits per heavy atom. The monoisotopic (exact) mass is 399 g/mol. The molecule has 0 radical (unpaired) electrons. The number of rotatable bonds is 3. The highest BCUT2D eigenvalue weighted by molar-refractivity contribution is 5.92.